The summed E-state index contributed by atoms with van der Waals surface area (Å²) in [5.74, 6) is 0. The zero-order chi connectivity index (χ0) is 13.8. The van der Waals surface area contributed by atoms with Crippen molar-refractivity contribution in [1.82, 2.24) is 4.72 Å². The van der Waals surface area contributed by atoms with Gasteiger partial charge >= 0.3 is 0 Å². The highest BCUT2D eigenvalue weighted by atomic mass is 32.2. The van der Waals surface area contributed by atoms with Gasteiger partial charge in [-0.25, -0.2) is 13.1 Å². The molecule has 0 radical (unpaired) electrons. The van der Waals surface area contributed by atoms with E-state index in [1.165, 1.54) is 25.1 Å². The van der Waals surface area contributed by atoms with E-state index < -0.39 is 14.9 Å². The average Bonchev–Trinajstić information content (AvgIpc) is 2.28. The van der Waals surface area contributed by atoms with Gasteiger partial charge in [-0.1, -0.05) is 0 Å². The van der Waals surface area contributed by atoms with Gasteiger partial charge in [0.2, 0.25) is 10.0 Å². The number of rotatable bonds is 6. The van der Waals surface area contributed by atoms with Gasteiger partial charge in [0, 0.05) is 18.7 Å². The van der Waals surface area contributed by atoms with Crippen molar-refractivity contribution >= 4 is 15.7 Å². The predicted octanol–water partition coefficient (Wildman–Crippen LogP) is 0.530. The molecule has 0 aliphatic rings. The molecule has 8 heteroatoms. The molecule has 3 N–H and O–H groups in total. The van der Waals surface area contributed by atoms with Gasteiger partial charge < -0.3 is 5.73 Å². The molecular formula is C10H15N3O4S. The van der Waals surface area contributed by atoms with Crippen LogP contribution in [0.25, 0.3) is 0 Å². The standard InChI is InChI=1S/C10H15N3O4S/c1-8-7-9(13(14)15)3-4-10(8)18(16,17)12-6-2-5-11/h3-4,7,12H,2,5-6,11H2,1H3. The lowest BCUT2D eigenvalue weighted by molar-refractivity contribution is -0.385. The van der Waals surface area contributed by atoms with E-state index in [0.29, 0.717) is 18.5 Å². The lowest BCUT2D eigenvalue weighted by atomic mass is 10.2. The summed E-state index contributed by atoms with van der Waals surface area (Å²) < 4.78 is 26.2. The summed E-state index contributed by atoms with van der Waals surface area (Å²) in [5, 5.41) is 10.6. The molecule has 18 heavy (non-hydrogen) atoms. The molecule has 0 amide bonds. The highest BCUT2D eigenvalue weighted by Crippen LogP contribution is 2.20. The smallest absolute Gasteiger partial charge is 0.269 e. The van der Waals surface area contributed by atoms with Gasteiger partial charge in [0.25, 0.3) is 5.69 Å². The van der Waals surface area contributed by atoms with Crippen molar-refractivity contribution in [2.45, 2.75) is 18.2 Å². The minimum absolute atomic E-state index is 0.0464. The lowest BCUT2D eigenvalue weighted by Gasteiger charge is -2.08. The third-order valence-electron chi connectivity index (χ3n) is 2.33. The Kier molecular flexibility index (Phi) is 4.76. The van der Waals surface area contributed by atoms with Crippen molar-refractivity contribution in [3.8, 4) is 0 Å². The molecule has 0 fully saturated rings. The van der Waals surface area contributed by atoms with Gasteiger partial charge in [-0.05, 0) is 31.5 Å². The molecule has 0 atom stereocenters. The number of nitro benzene ring substituents is 1. The third kappa shape index (κ3) is 3.49. The van der Waals surface area contributed by atoms with Crippen molar-refractivity contribution in [2.24, 2.45) is 5.73 Å². The molecule has 0 heterocycles. The van der Waals surface area contributed by atoms with Crippen LogP contribution in [0.4, 0.5) is 5.69 Å². The van der Waals surface area contributed by atoms with E-state index >= 15 is 0 Å². The van der Waals surface area contributed by atoms with E-state index in [2.05, 4.69) is 4.72 Å². The van der Waals surface area contributed by atoms with Crippen LogP contribution >= 0.6 is 0 Å². The molecule has 0 bridgehead atoms. The van der Waals surface area contributed by atoms with Crippen LogP contribution in [0.2, 0.25) is 0 Å². The highest BCUT2D eigenvalue weighted by Gasteiger charge is 2.18. The first-order valence-corrected chi connectivity index (χ1v) is 6.81. The molecule has 0 spiro atoms. The Morgan fingerprint density at radius 1 is 1.44 bits per heavy atom. The minimum atomic E-state index is -3.63. The van der Waals surface area contributed by atoms with E-state index in [4.69, 9.17) is 5.73 Å². The predicted molar refractivity (Wildman–Crippen MR) is 66.7 cm³/mol. The Morgan fingerprint density at radius 2 is 2.11 bits per heavy atom. The molecular weight excluding hydrogens is 258 g/mol. The first-order valence-electron chi connectivity index (χ1n) is 5.33. The highest BCUT2D eigenvalue weighted by molar-refractivity contribution is 7.89. The van der Waals surface area contributed by atoms with Crippen molar-refractivity contribution in [1.29, 1.82) is 0 Å². The summed E-state index contributed by atoms with van der Waals surface area (Å²) in [6.45, 7) is 2.15. The molecule has 1 rings (SSSR count). The van der Waals surface area contributed by atoms with Gasteiger partial charge in [-0.15, -0.1) is 0 Å². The number of benzene rings is 1. The first kappa shape index (κ1) is 14.6. The van der Waals surface area contributed by atoms with Crippen molar-refractivity contribution in [3.63, 3.8) is 0 Å². The van der Waals surface area contributed by atoms with Gasteiger partial charge in [0.05, 0.1) is 9.82 Å². The number of nitrogens with two attached hydrogens (primary N) is 1. The molecule has 0 aliphatic heterocycles. The van der Waals surface area contributed by atoms with Crippen molar-refractivity contribution < 1.29 is 13.3 Å². The Morgan fingerprint density at radius 3 is 2.61 bits per heavy atom. The second-order valence-electron chi connectivity index (χ2n) is 3.75. The summed E-state index contributed by atoms with van der Waals surface area (Å²) in [6.07, 6.45) is 0.533. The number of aryl methyl sites for hydroxylation is 1. The zero-order valence-corrected chi connectivity index (χ0v) is 10.7. The summed E-state index contributed by atoms with van der Waals surface area (Å²) in [7, 11) is -3.63. The molecule has 0 aliphatic carbocycles. The molecule has 1 aromatic rings. The largest absolute Gasteiger partial charge is 0.330 e. The fourth-order valence-electron chi connectivity index (χ4n) is 1.44. The van der Waals surface area contributed by atoms with E-state index in [1.807, 2.05) is 0 Å². The van der Waals surface area contributed by atoms with E-state index in [-0.39, 0.29) is 17.1 Å². The molecule has 100 valence electrons. The number of hydrogen-bond donors (Lipinski definition) is 2. The maximum absolute atomic E-state index is 11.9. The number of sulfonamides is 1. The second-order valence-corrected chi connectivity index (χ2v) is 5.48. The van der Waals surface area contributed by atoms with Crippen LogP contribution < -0.4 is 10.5 Å². The van der Waals surface area contributed by atoms with Crippen molar-refractivity contribution in [3.05, 3.63) is 33.9 Å². The molecule has 7 nitrogen and oxygen atoms in total. The number of non-ortho nitro benzene ring substituents is 1. The zero-order valence-electron chi connectivity index (χ0n) is 9.92. The lowest BCUT2D eigenvalue weighted by Crippen LogP contribution is -2.26. The van der Waals surface area contributed by atoms with Crippen LogP contribution in [-0.4, -0.2) is 26.4 Å². The van der Waals surface area contributed by atoms with Crippen molar-refractivity contribution in [2.75, 3.05) is 13.1 Å². The monoisotopic (exact) mass is 273 g/mol. The number of nitro groups is 1. The van der Waals surface area contributed by atoms with Gasteiger partial charge in [0.1, 0.15) is 0 Å². The Hall–Kier alpha value is -1.51. The van der Waals surface area contributed by atoms with Crippen LogP contribution in [0.1, 0.15) is 12.0 Å². The Balaban J connectivity index is 2.99. The minimum Gasteiger partial charge on any atom is -0.330 e. The van der Waals surface area contributed by atoms with Gasteiger partial charge in [-0.2, -0.15) is 0 Å². The number of nitrogens with one attached hydrogen (secondary N) is 1. The first-order chi connectivity index (χ1) is 8.38. The molecule has 0 aromatic heterocycles. The quantitative estimate of drug-likeness (QED) is 0.445. The summed E-state index contributed by atoms with van der Waals surface area (Å²) in [4.78, 5) is 10.0. The average molecular weight is 273 g/mol. The third-order valence-corrected chi connectivity index (χ3v) is 3.95. The van der Waals surface area contributed by atoms with Crippen LogP contribution in [0.15, 0.2) is 23.1 Å². The van der Waals surface area contributed by atoms with Gasteiger partial charge in [0.15, 0.2) is 0 Å². The van der Waals surface area contributed by atoms with E-state index in [9.17, 15) is 18.5 Å². The second kappa shape index (κ2) is 5.89. The fraction of sp³-hybridized carbons (Fsp3) is 0.400. The fourth-order valence-corrected chi connectivity index (χ4v) is 2.73. The maximum Gasteiger partial charge on any atom is 0.269 e. The SMILES string of the molecule is Cc1cc([N+](=O)[O-])ccc1S(=O)(=O)NCCCN. The van der Waals surface area contributed by atoms with E-state index in [1.54, 1.807) is 0 Å². The maximum atomic E-state index is 11.9. The summed E-state index contributed by atoms with van der Waals surface area (Å²) >= 11 is 0. The molecule has 0 unspecified atom stereocenters. The molecule has 0 saturated heterocycles. The number of nitrogens with zero attached hydrogens (tertiary/aromatic N) is 1. The Labute approximate surface area is 105 Å². The van der Waals surface area contributed by atoms with Crippen LogP contribution in [-0.2, 0) is 10.0 Å². The van der Waals surface area contributed by atoms with E-state index in [0.717, 1.165) is 0 Å². The topological polar surface area (TPSA) is 115 Å². The Bertz CT molecular complexity index is 542. The summed E-state index contributed by atoms with van der Waals surface area (Å²) in [5.41, 5.74) is 5.48. The summed E-state index contributed by atoms with van der Waals surface area (Å²) in [6, 6.07) is 3.64. The van der Waals surface area contributed by atoms with Crippen LogP contribution in [0.5, 0.6) is 0 Å². The normalized spacial score (nSPS) is 11.4. The van der Waals surface area contributed by atoms with Gasteiger partial charge in [-0.3, -0.25) is 10.1 Å². The van der Waals surface area contributed by atoms with Crippen LogP contribution in [0, 0.1) is 17.0 Å². The van der Waals surface area contributed by atoms with Crippen LogP contribution in [0.3, 0.4) is 0 Å². The molecule has 1 aromatic carbocycles. The number of hydrogen-bond acceptors (Lipinski definition) is 5. The molecule has 0 saturated carbocycles.